The molecular weight excluding hydrogens is 226 g/mol. The van der Waals surface area contributed by atoms with Crippen molar-refractivity contribution in [3.8, 4) is 0 Å². The van der Waals surface area contributed by atoms with Crippen molar-refractivity contribution >= 4 is 29.8 Å². The van der Waals surface area contributed by atoms with Crippen molar-refractivity contribution in [3.05, 3.63) is 0 Å². The minimum atomic E-state index is -0.0686. The number of rotatable bonds is 5. The fourth-order valence-electron chi connectivity index (χ4n) is 2.20. The van der Waals surface area contributed by atoms with Gasteiger partial charge in [-0.2, -0.15) is 11.8 Å². The van der Waals surface area contributed by atoms with Crippen LogP contribution >= 0.6 is 11.8 Å². The fraction of sp³-hybridized carbons (Fsp3) is 0.700. The Morgan fingerprint density at radius 1 is 1.56 bits per heavy atom. The van der Waals surface area contributed by atoms with Gasteiger partial charge in [0, 0.05) is 11.0 Å². The summed E-state index contributed by atoms with van der Waals surface area (Å²) >= 11 is 1.86. The first-order valence-corrected chi connectivity index (χ1v) is 6.47. The lowest BCUT2D eigenvalue weighted by atomic mass is 10.0. The molecule has 16 heavy (non-hydrogen) atoms. The SMILES string of the molecule is N=C(C=O)CCC[C@@H]1SC[C@@H]2NC(=O)N[C@@H]21. The third-order valence-corrected chi connectivity index (χ3v) is 4.52. The van der Waals surface area contributed by atoms with Crippen molar-refractivity contribution in [2.45, 2.75) is 36.6 Å². The molecule has 0 saturated carbocycles. The maximum atomic E-state index is 11.1. The second-order valence-corrected chi connectivity index (χ2v) is 5.43. The van der Waals surface area contributed by atoms with Gasteiger partial charge in [-0.25, -0.2) is 4.79 Å². The van der Waals surface area contributed by atoms with E-state index in [1.54, 1.807) is 0 Å². The monoisotopic (exact) mass is 241 g/mol. The maximum absolute atomic E-state index is 11.1. The number of aldehydes is 1. The molecule has 2 fully saturated rings. The normalized spacial score (nSPS) is 31.8. The summed E-state index contributed by atoms with van der Waals surface area (Å²) in [5, 5.41) is 13.5. The van der Waals surface area contributed by atoms with Gasteiger partial charge in [0.1, 0.15) is 0 Å². The van der Waals surface area contributed by atoms with Gasteiger partial charge in [0.25, 0.3) is 0 Å². The van der Waals surface area contributed by atoms with Gasteiger partial charge < -0.3 is 16.0 Å². The summed E-state index contributed by atoms with van der Waals surface area (Å²) in [7, 11) is 0. The molecule has 5 nitrogen and oxygen atoms in total. The van der Waals surface area contributed by atoms with Gasteiger partial charge in [0.2, 0.25) is 0 Å². The quantitative estimate of drug-likeness (QED) is 0.373. The summed E-state index contributed by atoms with van der Waals surface area (Å²) in [5.74, 6) is 0.958. The average Bonchev–Trinajstić information content (AvgIpc) is 2.78. The lowest BCUT2D eigenvalue weighted by molar-refractivity contribution is -0.102. The second kappa shape index (κ2) is 4.86. The zero-order chi connectivity index (χ0) is 11.5. The third-order valence-electron chi connectivity index (χ3n) is 3.02. The Hall–Kier alpha value is -1.04. The number of fused-ring (bicyclic) bond motifs is 1. The summed E-state index contributed by atoms with van der Waals surface area (Å²) in [5.41, 5.74) is 0.160. The van der Waals surface area contributed by atoms with Crippen LogP contribution in [0.15, 0.2) is 0 Å². The van der Waals surface area contributed by atoms with E-state index in [1.165, 1.54) is 0 Å². The van der Waals surface area contributed by atoms with Gasteiger partial charge >= 0.3 is 6.03 Å². The standard InChI is InChI=1S/C10H15N3O2S/c11-6(4-14)2-1-3-8-9-7(5-16-8)12-10(15)13-9/h4,7-9,11H,1-3,5H2,(H2,12,13,15)/t7-,8-,9-/m0/s1. The van der Waals surface area contributed by atoms with Crippen molar-refractivity contribution in [1.29, 1.82) is 5.41 Å². The van der Waals surface area contributed by atoms with Crippen LogP contribution in [0.3, 0.4) is 0 Å². The van der Waals surface area contributed by atoms with Crippen LogP contribution in [0.2, 0.25) is 0 Å². The summed E-state index contributed by atoms with van der Waals surface area (Å²) in [4.78, 5) is 21.4. The molecule has 3 N–H and O–H groups in total. The zero-order valence-electron chi connectivity index (χ0n) is 8.86. The van der Waals surface area contributed by atoms with Crippen LogP contribution in [-0.4, -0.2) is 41.1 Å². The highest BCUT2D eigenvalue weighted by molar-refractivity contribution is 8.00. The first-order chi connectivity index (χ1) is 7.70. The van der Waals surface area contributed by atoms with E-state index >= 15 is 0 Å². The number of nitrogens with one attached hydrogen (secondary N) is 3. The molecule has 2 amide bonds. The van der Waals surface area contributed by atoms with Gasteiger partial charge in [-0.3, -0.25) is 4.79 Å². The Kier molecular flexibility index (Phi) is 3.48. The number of hydrogen-bond acceptors (Lipinski definition) is 4. The molecule has 0 radical (unpaired) electrons. The highest BCUT2D eigenvalue weighted by Crippen LogP contribution is 2.32. The molecule has 0 aromatic carbocycles. The van der Waals surface area contributed by atoms with Crippen LogP contribution in [0.4, 0.5) is 4.79 Å². The summed E-state index contributed by atoms with van der Waals surface area (Å²) in [6.45, 7) is 0. The Morgan fingerprint density at radius 2 is 2.38 bits per heavy atom. The van der Waals surface area contributed by atoms with E-state index in [2.05, 4.69) is 10.6 Å². The molecule has 0 aliphatic carbocycles. The average molecular weight is 241 g/mol. The van der Waals surface area contributed by atoms with Gasteiger partial charge in [-0.15, -0.1) is 0 Å². The third kappa shape index (κ3) is 2.37. The van der Waals surface area contributed by atoms with Gasteiger partial charge in [0.05, 0.1) is 17.8 Å². The van der Waals surface area contributed by atoms with Gasteiger partial charge in [0.15, 0.2) is 6.29 Å². The van der Waals surface area contributed by atoms with E-state index in [0.717, 1.165) is 18.6 Å². The lowest BCUT2D eigenvalue weighted by Crippen LogP contribution is -2.36. The first kappa shape index (κ1) is 11.4. The molecule has 2 heterocycles. The predicted molar refractivity (Wildman–Crippen MR) is 63.1 cm³/mol. The van der Waals surface area contributed by atoms with Crippen molar-refractivity contribution in [1.82, 2.24) is 10.6 Å². The summed E-state index contributed by atoms with van der Waals surface area (Å²) in [6, 6.07) is 0.414. The molecule has 3 atom stereocenters. The highest BCUT2D eigenvalue weighted by atomic mass is 32.2. The van der Waals surface area contributed by atoms with Crippen molar-refractivity contribution < 1.29 is 9.59 Å². The largest absolute Gasteiger partial charge is 0.332 e. The number of amides is 2. The lowest BCUT2D eigenvalue weighted by Gasteiger charge is -2.16. The Morgan fingerprint density at radius 3 is 3.12 bits per heavy atom. The van der Waals surface area contributed by atoms with E-state index in [4.69, 9.17) is 5.41 Å². The van der Waals surface area contributed by atoms with Gasteiger partial charge in [-0.05, 0) is 19.3 Å². The Labute approximate surface area is 98.2 Å². The first-order valence-electron chi connectivity index (χ1n) is 5.42. The topological polar surface area (TPSA) is 82.1 Å². The number of thioether (sulfide) groups is 1. The number of carbonyl (C=O) groups excluding carboxylic acids is 2. The highest BCUT2D eigenvalue weighted by Gasteiger charge is 2.42. The fourth-order valence-corrected chi connectivity index (χ4v) is 3.74. The van der Waals surface area contributed by atoms with E-state index in [-0.39, 0.29) is 23.8 Å². The predicted octanol–water partition coefficient (Wildman–Crippen LogP) is 0.541. The molecule has 2 saturated heterocycles. The summed E-state index contributed by atoms with van der Waals surface area (Å²) in [6.07, 6.45) is 2.93. The number of carbonyl (C=O) groups is 2. The molecule has 0 aromatic rings. The summed E-state index contributed by atoms with van der Waals surface area (Å²) < 4.78 is 0. The Bertz CT molecular complexity index is 321. The molecular formula is C10H15N3O2S. The minimum absolute atomic E-state index is 0.0686. The van der Waals surface area contributed by atoms with Crippen molar-refractivity contribution in [2.24, 2.45) is 0 Å². The van der Waals surface area contributed by atoms with E-state index in [0.29, 0.717) is 18.0 Å². The number of urea groups is 1. The molecule has 88 valence electrons. The van der Waals surface area contributed by atoms with Crippen LogP contribution in [0.5, 0.6) is 0 Å². The van der Waals surface area contributed by atoms with Crippen LogP contribution in [0, 0.1) is 5.41 Å². The number of hydrogen-bond donors (Lipinski definition) is 3. The maximum Gasteiger partial charge on any atom is 0.315 e. The second-order valence-electron chi connectivity index (χ2n) is 4.16. The van der Waals surface area contributed by atoms with Crippen molar-refractivity contribution in [2.75, 3.05) is 5.75 Å². The van der Waals surface area contributed by atoms with E-state index in [9.17, 15) is 9.59 Å². The molecule has 0 bridgehead atoms. The molecule has 2 rings (SSSR count). The van der Waals surface area contributed by atoms with Gasteiger partial charge in [-0.1, -0.05) is 0 Å². The molecule has 0 unspecified atom stereocenters. The molecule has 0 aromatic heterocycles. The van der Waals surface area contributed by atoms with Crippen LogP contribution in [0.1, 0.15) is 19.3 Å². The Balaban J connectivity index is 1.76. The van der Waals surface area contributed by atoms with Crippen molar-refractivity contribution in [3.63, 3.8) is 0 Å². The van der Waals surface area contributed by atoms with Crippen LogP contribution in [0.25, 0.3) is 0 Å². The minimum Gasteiger partial charge on any atom is -0.332 e. The van der Waals surface area contributed by atoms with Crippen LogP contribution in [-0.2, 0) is 4.79 Å². The van der Waals surface area contributed by atoms with E-state index < -0.39 is 0 Å². The molecule has 0 spiro atoms. The molecule has 2 aliphatic rings. The van der Waals surface area contributed by atoms with Crippen LogP contribution < -0.4 is 10.6 Å². The van der Waals surface area contributed by atoms with E-state index in [1.807, 2.05) is 11.8 Å². The smallest absolute Gasteiger partial charge is 0.315 e. The molecule has 2 aliphatic heterocycles. The zero-order valence-corrected chi connectivity index (χ0v) is 9.68. The molecule has 6 heteroatoms.